The van der Waals surface area contributed by atoms with Crippen molar-refractivity contribution in [2.24, 2.45) is 0 Å². The first-order chi connectivity index (χ1) is 13.5. The molecule has 2 aromatic rings. The second-order valence-corrected chi connectivity index (χ2v) is 8.34. The fourth-order valence-electron chi connectivity index (χ4n) is 4.13. The molecule has 0 aromatic carbocycles. The third-order valence-corrected chi connectivity index (χ3v) is 5.67. The summed E-state index contributed by atoms with van der Waals surface area (Å²) in [6.07, 6.45) is 4.47. The predicted molar refractivity (Wildman–Crippen MR) is 106 cm³/mol. The number of ether oxygens (including phenoxy) is 2. The van der Waals surface area contributed by atoms with Crippen LogP contribution in [0.1, 0.15) is 75.0 Å². The van der Waals surface area contributed by atoms with E-state index in [-0.39, 0.29) is 30.2 Å². The molecule has 7 nitrogen and oxygen atoms in total. The summed E-state index contributed by atoms with van der Waals surface area (Å²) in [5.41, 5.74) is 2.39. The molecule has 0 N–H and O–H groups in total. The van der Waals surface area contributed by atoms with Crippen LogP contribution in [0.15, 0.2) is 12.3 Å². The molecule has 0 aliphatic carbocycles. The second kappa shape index (κ2) is 7.79. The molecular weight excluding hydrogens is 356 g/mol. The first kappa shape index (κ1) is 19.3. The normalized spacial score (nSPS) is 21.4. The van der Waals surface area contributed by atoms with Gasteiger partial charge in [0.05, 0.1) is 36.4 Å². The Morgan fingerprint density at radius 3 is 2.61 bits per heavy atom. The van der Waals surface area contributed by atoms with Crippen LogP contribution in [0.4, 0.5) is 0 Å². The Morgan fingerprint density at radius 1 is 1.18 bits per heavy atom. The molecule has 0 radical (unpaired) electrons. The fourth-order valence-corrected chi connectivity index (χ4v) is 4.13. The summed E-state index contributed by atoms with van der Waals surface area (Å²) in [4.78, 5) is 20.5. The highest BCUT2D eigenvalue weighted by atomic mass is 16.7. The lowest BCUT2D eigenvalue weighted by molar-refractivity contribution is -0.100. The van der Waals surface area contributed by atoms with E-state index < -0.39 is 0 Å². The molecule has 1 amide bonds. The van der Waals surface area contributed by atoms with Crippen LogP contribution in [0.5, 0.6) is 0 Å². The van der Waals surface area contributed by atoms with Crippen LogP contribution in [-0.4, -0.2) is 57.7 Å². The van der Waals surface area contributed by atoms with Crippen molar-refractivity contribution in [3.8, 4) is 0 Å². The van der Waals surface area contributed by atoms with Gasteiger partial charge in [0.15, 0.2) is 11.9 Å². The van der Waals surface area contributed by atoms with Crippen molar-refractivity contribution >= 4 is 16.9 Å². The molecule has 2 fully saturated rings. The monoisotopic (exact) mass is 386 g/mol. The minimum atomic E-state index is -0.315. The van der Waals surface area contributed by atoms with Gasteiger partial charge < -0.3 is 14.4 Å². The van der Waals surface area contributed by atoms with E-state index in [1.807, 2.05) is 15.6 Å². The zero-order valence-corrected chi connectivity index (χ0v) is 17.2. The molecular formula is C21H30N4O3. The summed E-state index contributed by atoms with van der Waals surface area (Å²) in [7, 11) is 0. The molecule has 2 aliphatic heterocycles. The minimum Gasteiger partial charge on any atom is -0.348 e. The maximum absolute atomic E-state index is 13.7. The maximum atomic E-state index is 13.7. The minimum absolute atomic E-state index is 0.0291. The topological polar surface area (TPSA) is 69.5 Å². The lowest BCUT2D eigenvalue weighted by Crippen LogP contribution is -2.50. The van der Waals surface area contributed by atoms with Gasteiger partial charge in [-0.3, -0.25) is 4.79 Å². The van der Waals surface area contributed by atoms with E-state index in [1.165, 1.54) is 0 Å². The summed E-state index contributed by atoms with van der Waals surface area (Å²) in [5.74, 6) is 0.256. The number of piperidine rings is 1. The van der Waals surface area contributed by atoms with Gasteiger partial charge >= 0.3 is 0 Å². The molecule has 2 aromatic heterocycles. The molecule has 0 saturated carbocycles. The van der Waals surface area contributed by atoms with Crippen LogP contribution in [0.3, 0.4) is 0 Å². The maximum Gasteiger partial charge on any atom is 0.255 e. The summed E-state index contributed by atoms with van der Waals surface area (Å²) in [5, 5.41) is 5.33. The number of likely N-dealkylation sites (tertiary alicyclic amines) is 1. The van der Waals surface area contributed by atoms with Crippen molar-refractivity contribution in [2.45, 2.75) is 71.2 Å². The number of carbonyl (C=O) groups excluding carboxylic acids is 1. The van der Waals surface area contributed by atoms with Crippen molar-refractivity contribution < 1.29 is 14.3 Å². The highest BCUT2D eigenvalue weighted by Crippen LogP contribution is 2.30. The molecule has 28 heavy (non-hydrogen) atoms. The number of hydrogen-bond acceptors (Lipinski definition) is 5. The van der Waals surface area contributed by atoms with E-state index in [9.17, 15) is 4.79 Å². The Bertz CT molecular complexity index is 855. The van der Waals surface area contributed by atoms with Crippen LogP contribution < -0.4 is 0 Å². The number of carbonyl (C=O) groups is 1. The van der Waals surface area contributed by atoms with Crippen molar-refractivity contribution in [1.29, 1.82) is 0 Å². The number of nitrogens with zero attached hydrogens (tertiary/aromatic N) is 4. The third-order valence-electron chi connectivity index (χ3n) is 5.67. The molecule has 0 spiro atoms. The van der Waals surface area contributed by atoms with Gasteiger partial charge in [0.1, 0.15) is 0 Å². The molecule has 7 heteroatoms. The SMILES string of the molecule is CC(C)c1cc(C(=O)N2CCCCC2C2OCCO2)c2cnn(C(C)C)c2n1. The fraction of sp³-hybridized carbons (Fsp3) is 0.667. The molecule has 4 rings (SSSR count). The number of hydrogen-bond donors (Lipinski definition) is 0. The van der Waals surface area contributed by atoms with Crippen LogP contribution in [0, 0.1) is 0 Å². The average Bonchev–Trinajstić information content (AvgIpc) is 3.36. The van der Waals surface area contributed by atoms with Crippen LogP contribution in [0.25, 0.3) is 11.0 Å². The predicted octanol–water partition coefficient (Wildman–Crippen LogP) is 3.50. The first-order valence-corrected chi connectivity index (χ1v) is 10.4. The van der Waals surface area contributed by atoms with E-state index in [0.29, 0.717) is 18.8 Å². The molecule has 152 valence electrons. The van der Waals surface area contributed by atoms with Crippen molar-refractivity contribution in [3.05, 3.63) is 23.5 Å². The van der Waals surface area contributed by atoms with E-state index in [1.54, 1.807) is 6.20 Å². The van der Waals surface area contributed by atoms with Crippen molar-refractivity contribution in [1.82, 2.24) is 19.7 Å². The second-order valence-electron chi connectivity index (χ2n) is 8.34. The quantitative estimate of drug-likeness (QED) is 0.804. The number of pyridine rings is 1. The Hall–Kier alpha value is -1.99. The number of amides is 1. The smallest absolute Gasteiger partial charge is 0.255 e. The van der Waals surface area contributed by atoms with Gasteiger partial charge in [0, 0.05) is 18.3 Å². The van der Waals surface area contributed by atoms with E-state index >= 15 is 0 Å². The standard InChI is InChI=1S/C21H30N4O3/c1-13(2)17-11-15(16-12-22-25(14(3)4)19(16)23-17)20(26)24-8-6-5-7-18(24)21-27-9-10-28-21/h11-14,18,21H,5-10H2,1-4H3. The summed E-state index contributed by atoms with van der Waals surface area (Å²) < 4.78 is 13.4. The van der Waals surface area contributed by atoms with E-state index in [2.05, 4.69) is 32.8 Å². The average molecular weight is 386 g/mol. The van der Waals surface area contributed by atoms with Gasteiger partial charge in [-0.25, -0.2) is 9.67 Å². The highest BCUT2D eigenvalue weighted by molar-refractivity contribution is 6.05. The Kier molecular flexibility index (Phi) is 5.38. The molecule has 1 unspecified atom stereocenters. The van der Waals surface area contributed by atoms with Gasteiger partial charge in [-0.2, -0.15) is 5.10 Å². The molecule has 4 heterocycles. The van der Waals surface area contributed by atoms with Crippen LogP contribution >= 0.6 is 0 Å². The van der Waals surface area contributed by atoms with Crippen LogP contribution in [0.2, 0.25) is 0 Å². The first-order valence-electron chi connectivity index (χ1n) is 10.4. The zero-order chi connectivity index (χ0) is 19.8. The Labute approximate surface area is 166 Å². The zero-order valence-electron chi connectivity index (χ0n) is 17.2. The summed E-state index contributed by atoms with van der Waals surface area (Å²) >= 11 is 0. The van der Waals surface area contributed by atoms with Gasteiger partial charge in [0.25, 0.3) is 5.91 Å². The number of fused-ring (bicyclic) bond motifs is 1. The van der Waals surface area contributed by atoms with Gasteiger partial charge in [-0.15, -0.1) is 0 Å². The van der Waals surface area contributed by atoms with E-state index in [4.69, 9.17) is 14.5 Å². The van der Waals surface area contributed by atoms with Gasteiger partial charge in [0.2, 0.25) is 0 Å². The number of rotatable bonds is 4. The Morgan fingerprint density at radius 2 is 1.93 bits per heavy atom. The lowest BCUT2D eigenvalue weighted by Gasteiger charge is -2.38. The molecule has 1 atom stereocenters. The summed E-state index contributed by atoms with van der Waals surface area (Å²) in [6, 6.07) is 2.09. The number of aromatic nitrogens is 3. The molecule has 2 saturated heterocycles. The summed E-state index contributed by atoms with van der Waals surface area (Å²) in [6.45, 7) is 10.3. The molecule has 2 aliphatic rings. The van der Waals surface area contributed by atoms with E-state index in [0.717, 1.165) is 42.5 Å². The van der Waals surface area contributed by atoms with Gasteiger partial charge in [-0.1, -0.05) is 13.8 Å². The highest BCUT2D eigenvalue weighted by Gasteiger charge is 2.37. The Balaban J connectivity index is 1.77. The van der Waals surface area contributed by atoms with Crippen molar-refractivity contribution in [2.75, 3.05) is 19.8 Å². The molecule has 0 bridgehead atoms. The largest absolute Gasteiger partial charge is 0.348 e. The van der Waals surface area contributed by atoms with Crippen LogP contribution in [-0.2, 0) is 9.47 Å². The van der Waals surface area contributed by atoms with Gasteiger partial charge in [-0.05, 0) is 45.1 Å². The third kappa shape index (κ3) is 3.42. The lowest BCUT2D eigenvalue weighted by atomic mass is 9.98. The van der Waals surface area contributed by atoms with Crippen molar-refractivity contribution in [3.63, 3.8) is 0 Å².